The summed E-state index contributed by atoms with van der Waals surface area (Å²) in [5, 5.41) is 0. The Hall–Kier alpha value is 0.0969. The summed E-state index contributed by atoms with van der Waals surface area (Å²) in [4.78, 5) is 0. The first-order chi connectivity index (χ1) is 7.29. The quantitative estimate of drug-likeness (QED) is 0.659. The van der Waals surface area contributed by atoms with Crippen LogP contribution in [0.3, 0.4) is 0 Å². The minimum Gasteiger partial charge on any atom is -0.377 e. The van der Waals surface area contributed by atoms with E-state index in [1.54, 1.807) is 14.2 Å². The van der Waals surface area contributed by atoms with Gasteiger partial charge in [0.15, 0.2) is 0 Å². The van der Waals surface area contributed by atoms with Gasteiger partial charge in [0, 0.05) is 26.4 Å². The van der Waals surface area contributed by atoms with Crippen molar-refractivity contribution in [2.24, 2.45) is 0 Å². The average molecular weight is 232 g/mol. The molecule has 0 bridgehead atoms. The molecule has 1 aliphatic rings. The minimum absolute atomic E-state index is 0.521. The third-order valence-corrected chi connectivity index (χ3v) is 6.50. The van der Waals surface area contributed by atoms with Crippen LogP contribution >= 0.6 is 0 Å². The standard InChI is InChI=1S/C11H24O3Si/c1-4-10-14-15(12-2,13-3)11-8-6-5-7-9-11/h11H,4-10H2,1-3H3. The van der Waals surface area contributed by atoms with Crippen LogP contribution in [-0.4, -0.2) is 29.6 Å². The fourth-order valence-electron chi connectivity index (χ4n) is 2.35. The zero-order chi connectivity index (χ0) is 11.1. The van der Waals surface area contributed by atoms with Gasteiger partial charge in [0.1, 0.15) is 0 Å². The van der Waals surface area contributed by atoms with E-state index in [0.717, 1.165) is 13.0 Å². The van der Waals surface area contributed by atoms with Crippen LogP contribution in [0, 0.1) is 0 Å². The van der Waals surface area contributed by atoms with E-state index in [1.165, 1.54) is 32.1 Å². The van der Waals surface area contributed by atoms with Gasteiger partial charge in [-0.25, -0.2) is 0 Å². The van der Waals surface area contributed by atoms with Gasteiger partial charge in [-0.2, -0.15) is 0 Å². The van der Waals surface area contributed by atoms with Crippen molar-refractivity contribution < 1.29 is 13.3 Å². The molecule has 0 aromatic rings. The van der Waals surface area contributed by atoms with Gasteiger partial charge in [0.05, 0.1) is 0 Å². The Kier molecular flexibility index (Phi) is 5.82. The Morgan fingerprint density at radius 1 is 1.07 bits per heavy atom. The van der Waals surface area contributed by atoms with E-state index in [-0.39, 0.29) is 0 Å². The summed E-state index contributed by atoms with van der Waals surface area (Å²) >= 11 is 0. The lowest BCUT2D eigenvalue weighted by atomic mass is 10.0. The number of hydrogen-bond donors (Lipinski definition) is 0. The molecule has 4 heteroatoms. The van der Waals surface area contributed by atoms with Gasteiger partial charge in [-0.05, 0) is 19.3 Å². The normalized spacial score (nSPS) is 19.4. The van der Waals surface area contributed by atoms with Gasteiger partial charge in [-0.3, -0.25) is 0 Å². The lowest BCUT2D eigenvalue weighted by Gasteiger charge is -2.35. The molecule has 15 heavy (non-hydrogen) atoms. The molecule has 0 saturated heterocycles. The first-order valence-corrected chi connectivity index (χ1v) is 7.83. The fraction of sp³-hybridized carbons (Fsp3) is 1.00. The Bertz CT molecular complexity index is 165. The smallest absolute Gasteiger partial charge is 0.377 e. The molecular weight excluding hydrogens is 208 g/mol. The van der Waals surface area contributed by atoms with E-state index in [4.69, 9.17) is 13.3 Å². The van der Waals surface area contributed by atoms with Crippen LogP contribution in [0.2, 0.25) is 5.54 Å². The lowest BCUT2D eigenvalue weighted by molar-refractivity contribution is 0.0815. The van der Waals surface area contributed by atoms with Gasteiger partial charge >= 0.3 is 8.80 Å². The summed E-state index contributed by atoms with van der Waals surface area (Å²) < 4.78 is 17.2. The molecule has 1 fully saturated rings. The molecule has 1 rings (SSSR count). The van der Waals surface area contributed by atoms with Crippen LogP contribution in [0.25, 0.3) is 0 Å². The van der Waals surface area contributed by atoms with E-state index >= 15 is 0 Å². The van der Waals surface area contributed by atoms with Crippen LogP contribution < -0.4 is 0 Å². The van der Waals surface area contributed by atoms with Crippen LogP contribution in [0.5, 0.6) is 0 Å². The predicted molar refractivity (Wildman–Crippen MR) is 62.9 cm³/mol. The molecular formula is C11H24O3Si. The summed E-state index contributed by atoms with van der Waals surface area (Å²) in [6, 6.07) is 0. The Morgan fingerprint density at radius 2 is 1.67 bits per heavy atom. The summed E-state index contributed by atoms with van der Waals surface area (Å²) in [5.41, 5.74) is 0.521. The zero-order valence-electron chi connectivity index (χ0n) is 10.3. The Balaban J connectivity index is 2.59. The first-order valence-electron chi connectivity index (χ1n) is 6.03. The van der Waals surface area contributed by atoms with Crippen molar-refractivity contribution in [1.29, 1.82) is 0 Å². The van der Waals surface area contributed by atoms with Crippen molar-refractivity contribution in [3.05, 3.63) is 0 Å². The summed E-state index contributed by atoms with van der Waals surface area (Å²) in [6.07, 6.45) is 7.37. The van der Waals surface area contributed by atoms with Crippen molar-refractivity contribution >= 4 is 8.80 Å². The SMILES string of the molecule is CCCO[Si](OC)(OC)C1CCCCC1. The maximum atomic E-state index is 5.91. The molecule has 0 aliphatic heterocycles. The molecule has 0 unspecified atom stereocenters. The third-order valence-electron chi connectivity index (χ3n) is 3.18. The highest BCUT2D eigenvalue weighted by Crippen LogP contribution is 2.38. The molecule has 3 nitrogen and oxygen atoms in total. The monoisotopic (exact) mass is 232 g/mol. The molecule has 0 N–H and O–H groups in total. The van der Waals surface area contributed by atoms with E-state index in [1.807, 2.05) is 0 Å². The highest BCUT2D eigenvalue weighted by Gasteiger charge is 2.47. The van der Waals surface area contributed by atoms with Crippen LogP contribution in [0.15, 0.2) is 0 Å². The molecule has 0 spiro atoms. The van der Waals surface area contributed by atoms with E-state index in [9.17, 15) is 0 Å². The molecule has 90 valence electrons. The second-order valence-electron chi connectivity index (χ2n) is 4.20. The van der Waals surface area contributed by atoms with Crippen LogP contribution in [-0.2, 0) is 13.3 Å². The van der Waals surface area contributed by atoms with Crippen molar-refractivity contribution in [3.8, 4) is 0 Å². The van der Waals surface area contributed by atoms with Crippen molar-refractivity contribution in [2.45, 2.75) is 51.0 Å². The molecule has 0 aromatic carbocycles. The third kappa shape index (κ3) is 3.28. The molecule has 1 aliphatic carbocycles. The molecule has 0 radical (unpaired) electrons. The van der Waals surface area contributed by atoms with Gasteiger partial charge in [-0.15, -0.1) is 0 Å². The van der Waals surface area contributed by atoms with Gasteiger partial charge in [-0.1, -0.05) is 26.2 Å². The van der Waals surface area contributed by atoms with E-state index in [2.05, 4.69) is 6.92 Å². The summed E-state index contributed by atoms with van der Waals surface area (Å²) in [6.45, 7) is 2.87. The van der Waals surface area contributed by atoms with Crippen LogP contribution in [0.1, 0.15) is 45.4 Å². The molecule has 0 atom stereocenters. The number of rotatable bonds is 6. The summed E-state index contributed by atoms with van der Waals surface area (Å²) in [7, 11) is 1.11. The first kappa shape index (κ1) is 13.2. The van der Waals surface area contributed by atoms with Crippen LogP contribution in [0.4, 0.5) is 0 Å². The van der Waals surface area contributed by atoms with Crippen molar-refractivity contribution in [2.75, 3.05) is 20.8 Å². The molecule has 0 heterocycles. The van der Waals surface area contributed by atoms with Crippen molar-refractivity contribution in [3.63, 3.8) is 0 Å². The average Bonchev–Trinajstić information content (AvgIpc) is 2.33. The highest BCUT2D eigenvalue weighted by molar-refractivity contribution is 6.62. The number of hydrogen-bond acceptors (Lipinski definition) is 3. The highest BCUT2D eigenvalue weighted by atomic mass is 28.4. The molecule has 0 amide bonds. The maximum Gasteiger partial charge on any atom is 0.503 e. The maximum absolute atomic E-state index is 5.91. The summed E-state index contributed by atoms with van der Waals surface area (Å²) in [5.74, 6) is 0. The fourth-order valence-corrected chi connectivity index (χ4v) is 5.26. The largest absolute Gasteiger partial charge is 0.503 e. The van der Waals surface area contributed by atoms with Gasteiger partial charge < -0.3 is 13.3 Å². The second kappa shape index (κ2) is 6.63. The lowest BCUT2D eigenvalue weighted by Crippen LogP contribution is -2.49. The van der Waals surface area contributed by atoms with Crippen molar-refractivity contribution in [1.82, 2.24) is 0 Å². The predicted octanol–water partition coefficient (Wildman–Crippen LogP) is 2.98. The van der Waals surface area contributed by atoms with E-state index < -0.39 is 8.80 Å². The topological polar surface area (TPSA) is 27.7 Å². The minimum atomic E-state index is -2.36. The van der Waals surface area contributed by atoms with E-state index in [0.29, 0.717) is 5.54 Å². The molecule has 1 saturated carbocycles. The molecule has 0 aromatic heterocycles. The zero-order valence-corrected chi connectivity index (χ0v) is 11.3. The Labute approximate surface area is 94.5 Å². The Morgan fingerprint density at radius 3 is 2.13 bits per heavy atom. The van der Waals surface area contributed by atoms with Gasteiger partial charge in [0.25, 0.3) is 0 Å². The van der Waals surface area contributed by atoms with Gasteiger partial charge in [0.2, 0.25) is 0 Å². The second-order valence-corrected chi connectivity index (χ2v) is 7.32.